The molecule has 0 radical (unpaired) electrons. The zero-order valence-electron chi connectivity index (χ0n) is 4.79. The molecule has 0 spiro atoms. The van der Waals surface area contributed by atoms with Crippen LogP contribution < -0.4 is 0 Å². The van der Waals surface area contributed by atoms with Gasteiger partial charge in [-0.25, -0.2) is 0 Å². The van der Waals surface area contributed by atoms with Crippen LogP contribution in [-0.2, 0) is 14.3 Å². The third kappa shape index (κ3) is 0.515. The Bertz CT molecular complexity index is 183. The number of fused-ring (bicyclic) bond motifs is 1. The van der Waals surface area contributed by atoms with Gasteiger partial charge in [-0.3, -0.25) is 9.59 Å². The van der Waals surface area contributed by atoms with Crippen LogP contribution in [-0.4, -0.2) is 17.9 Å². The summed E-state index contributed by atoms with van der Waals surface area (Å²) in [4.78, 5) is 21.1. The fourth-order valence-electron chi connectivity index (χ4n) is 1.35. The van der Waals surface area contributed by atoms with Crippen LogP contribution in [0.5, 0.6) is 0 Å². The minimum Gasteiger partial charge on any atom is -0.461 e. The van der Waals surface area contributed by atoms with Gasteiger partial charge in [0.25, 0.3) is 0 Å². The van der Waals surface area contributed by atoms with E-state index in [2.05, 4.69) is 4.74 Å². The summed E-state index contributed by atoms with van der Waals surface area (Å²) in [6.07, 6.45) is 0.824. The summed E-state index contributed by atoms with van der Waals surface area (Å²) < 4.78 is 4.67. The topological polar surface area (TPSA) is 43.4 Å². The summed E-state index contributed by atoms with van der Waals surface area (Å²) in [5.74, 6) is -0.0980. The van der Waals surface area contributed by atoms with Crippen LogP contribution in [0.1, 0.15) is 12.8 Å². The van der Waals surface area contributed by atoms with E-state index in [1.54, 1.807) is 0 Å². The number of rotatable bonds is 0. The quantitative estimate of drug-likeness (QED) is 0.425. The van der Waals surface area contributed by atoms with Crippen molar-refractivity contribution < 1.29 is 14.3 Å². The lowest BCUT2D eigenvalue weighted by molar-refractivity contribution is -0.179. The molecule has 3 nitrogen and oxygen atoms in total. The highest BCUT2D eigenvalue weighted by Crippen LogP contribution is 2.34. The molecule has 2 atom stereocenters. The maximum absolute atomic E-state index is 10.6. The third-order valence-corrected chi connectivity index (χ3v) is 1.90. The molecule has 2 fully saturated rings. The van der Waals surface area contributed by atoms with Crippen molar-refractivity contribution in [1.82, 2.24) is 0 Å². The first-order chi connectivity index (χ1) is 4.27. The minimum atomic E-state index is -0.189. The van der Waals surface area contributed by atoms with E-state index in [9.17, 15) is 9.59 Å². The largest absolute Gasteiger partial charge is 0.461 e. The summed E-state index contributed by atoms with van der Waals surface area (Å²) in [5.41, 5.74) is 0. The number of carbonyl (C=O) groups is 2. The molecule has 2 unspecified atom stereocenters. The zero-order chi connectivity index (χ0) is 6.43. The fourth-order valence-corrected chi connectivity index (χ4v) is 1.35. The van der Waals surface area contributed by atoms with E-state index in [0.717, 1.165) is 0 Å². The minimum absolute atomic E-state index is 0.0509. The Hall–Kier alpha value is -0.860. The van der Waals surface area contributed by atoms with E-state index < -0.39 is 0 Å². The average Bonchev–Trinajstić information content (AvgIpc) is 2.08. The SMILES string of the molecule is O=C1CC2OC(=O)C2C1. The highest BCUT2D eigenvalue weighted by atomic mass is 16.6. The van der Waals surface area contributed by atoms with Crippen LogP contribution in [0.4, 0.5) is 0 Å². The van der Waals surface area contributed by atoms with Gasteiger partial charge >= 0.3 is 5.97 Å². The van der Waals surface area contributed by atoms with E-state index in [0.29, 0.717) is 12.8 Å². The zero-order valence-corrected chi connectivity index (χ0v) is 4.79. The second-order valence-electron chi connectivity index (χ2n) is 2.53. The summed E-state index contributed by atoms with van der Waals surface area (Å²) in [7, 11) is 0. The molecule has 0 aromatic heterocycles. The molecule has 1 saturated heterocycles. The fraction of sp³-hybridized carbons (Fsp3) is 0.667. The van der Waals surface area contributed by atoms with Crippen molar-refractivity contribution >= 4 is 11.8 Å². The van der Waals surface area contributed by atoms with Gasteiger partial charge in [-0.1, -0.05) is 0 Å². The van der Waals surface area contributed by atoms with Crippen LogP contribution in [0.25, 0.3) is 0 Å². The Morgan fingerprint density at radius 2 is 2.11 bits per heavy atom. The lowest BCUT2D eigenvalue weighted by Crippen LogP contribution is -2.40. The molecule has 0 bridgehead atoms. The van der Waals surface area contributed by atoms with Crippen molar-refractivity contribution in [3.05, 3.63) is 0 Å². The number of carbonyl (C=O) groups excluding carboxylic acids is 2. The van der Waals surface area contributed by atoms with E-state index in [1.807, 2.05) is 0 Å². The summed E-state index contributed by atoms with van der Waals surface area (Å²) >= 11 is 0. The normalized spacial score (nSPS) is 39.6. The van der Waals surface area contributed by atoms with Gasteiger partial charge in [0, 0.05) is 12.8 Å². The number of hydrogen-bond acceptors (Lipinski definition) is 3. The Morgan fingerprint density at radius 1 is 1.33 bits per heavy atom. The Labute approximate surface area is 52.0 Å². The summed E-state index contributed by atoms with van der Waals surface area (Å²) in [5, 5.41) is 0. The van der Waals surface area contributed by atoms with Crippen LogP contribution in [0.3, 0.4) is 0 Å². The highest BCUT2D eigenvalue weighted by Gasteiger charge is 2.49. The Morgan fingerprint density at radius 3 is 2.56 bits per heavy atom. The van der Waals surface area contributed by atoms with Crippen molar-refractivity contribution in [1.29, 1.82) is 0 Å². The van der Waals surface area contributed by atoms with Crippen LogP contribution in [0.2, 0.25) is 0 Å². The maximum Gasteiger partial charge on any atom is 0.313 e. The average molecular weight is 126 g/mol. The van der Waals surface area contributed by atoms with E-state index >= 15 is 0 Å². The smallest absolute Gasteiger partial charge is 0.313 e. The second-order valence-corrected chi connectivity index (χ2v) is 2.53. The van der Waals surface area contributed by atoms with E-state index in [1.165, 1.54) is 0 Å². The van der Waals surface area contributed by atoms with Gasteiger partial charge in [0.1, 0.15) is 17.8 Å². The van der Waals surface area contributed by atoms with Gasteiger partial charge in [0.05, 0.1) is 0 Å². The molecule has 2 aliphatic rings. The number of ketones is 1. The van der Waals surface area contributed by atoms with Crippen LogP contribution >= 0.6 is 0 Å². The molecule has 0 N–H and O–H groups in total. The first-order valence-electron chi connectivity index (χ1n) is 2.99. The number of esters is 1. The first-order valence-corrected chi connectivity index (χ1v) is 2.99. The molecule has 0 aromatic rings. The molecule has 1 aliphatic heterocycles. The molecule has 2 rings (SSSR count). The predicted molar refractivity (Wildman–Crippen MR) is 27.6 cm³/mol. The summed E-state index contributed by atoms with van der Waals surface area (Å²) in [6, 6.07) is 0. The molecule has 1 aliphatic carbocycles. The number of Topliss-reactive ketones (excluding diaryl/α,β-unsaturated/α-hetero) is 1. The third-order valence-electron chi connectivity index (χ3n) is 1.90. The maximum atomic E-state index is 10.6. The van der Waals surface area contributed by atoms with Gasteiger partial charge in [0.15, 0.2) is 0 Å². The molecule has 3 heteroatoms. The Kier molecular flexibility index (Phi) is 0.743. The van der Waals surface area contributed by atoms with E-state index in [4.69, 9.17) is 0 Å². The van der Waals surface area contributed by atoms with Crippen molar-refractivity contribution in [2.24, 2.45) is 5.92 Å². The Balaban J connectivity index is 2.16. The number of ether oxygens (including phenoxy) is 1. The van der Waals surface area contributed by atoms with Crippen molar-refractivity contribution in [3.63, 3.8) is 0 Å². The standard InChI is InChI=1S/C6H6O3/c7-3-1-4-5(2-3)9-6(4)8/h4-5H,1-2H2. The van der Waals surface area contributed by atoms with Gasteiger partial charge in [-0.05, 0) is 0 Å². The number of hydrogen-bond donors (Lipinski definition) is 0. The molecule has 1 heterocycles. The van der Waals surface area contributed by atoms with Crippen LogP contribution in [0.15, 0.2) is 0 Å². The second kappa shape index (κ2) is 1.35. The molecule has 1 saturated carbocycles. The molecule has 9 heavy (non-hydrogen) atoms. The molecule has 0 aromatic carbocycles. The first kappa shape index (κ1) is 4.97. The van der Waals surface area contributed by atoms with Crippen LogP contribution in [0, 0.1) is 5.92 Å². The monoisotopic (exact) mass is 126 g/mol. The molecular formula is C6H6O3. The van der Waals surface area contributed by atoms with Crippen molar-refractivity contribution in [2.75, 3.05) is 0 Å². The lowest BCUT2D eigenvalue weighted by atomic mass is 10.0. The van der Waals surface area contributed by atoms with Crippen molar-refractivity contribution in [3.8, 4) is 0 Å². The van der Waals surface area contributed by atoms with Gasteiger partial charge in [-0.15, -0.1) is 0 Å². The van der Waals surface area contributed by atoms with Gasteiger partial charge in [-0.2, -0.15) is 0 Å². The van der Waals surface area contributed by atoms with Gasteiger partial charge < -0.3 is 4.74 Å². The lowest BCUT2D eigenvalue weighted by Gasteiger charge is -2.27. The van der Waals surface area contributed by atoms with E-state index in [-0.39, 0.29) is 23.8 Å². The summed E-state index contributed by atoms with van der Waals surface area (Å²) in [6.45, 7) is 0. The van der Waals surface area contributed by atoms with Gasteiger partial charge in [0.2, 0.25) is 0 Å². The van der Waals surface area contributed by atoms with Crippen molar-refractivity contribution in [2.45, 2.75) is 18.9 Å². The highest BCUT2D eigenvalue weighted by molar-refractivity contribution is 5.93. The molecule has 0 amide bonds. The molecular weight excluding hydrogens is 120 g/mol. The molecule has 48 valence electrons. The predicted octanol–water partition coefficient (Wildman–Crippen LogP) is -0.109.